The molecule has 1 amide bonds. The number of rotatable bonds is 4. The van der Waals surface area contributed by atoms with E-state index in [2.05, 4.69) is 5.32 Å². The minimum atomic E-state index is -0.530. The average molecular weight is 242 g/mol. The molecule has 1 rings (SSSR count). The summed E-state index contributed by atoms with van der Waals surface area (Å²) in [6.07, 6.45) is 0. The third kappa shape index (κ3) is 3.14. The first-order valence-corrected chi connectivity index (χ1v) is 5.57. The van der Waals surface area contributed by atoms with E-state index in [1.165, 1.54) is 0 Å². The molecule has 0 heterocycles. The van der Waals surface area contributed by atoms with Gasteiger partial charge in [0.05, 0.1) is 13.2 Å². The Labute approximate surface area is 101 Å². The highest BCUT2D eigenvalue weighted by atomic mass is 35.5. The number of benzene rings is 1. The Bertz CT molecular complexity index is 366. The summed E-state index contributed by atoms with van der Waals surface area (Å²) in [5, 5.41) is 2.29. The Morgan fingerprint density at radius 3 is 2.56 bits per heavy atom. The van der Waals surface area contributed by atoms with Crippen LogP contribution in [0.25, 0.3) is 0 Å². The van der Waals surface area contributed by atoms with E-state index >= 15 is 0 Å². The van der Waals surface area contributed by atoms with Gasteiger partial charge in [0, 0.05) is 5.56 Å². The Kier molecular flexibility index (Phi) is 4.62. The lowest BCUT2D eigenvalue weighted by molar-refractivity contribution is -0.121. The van der Waals surface area contributed by atoms with Crippen LogP contribution in [0, 0.1) is 0 Å². The molecule has 2 atom stereocenters. The molecule has 0 aliphatic carbocycles. The Hall–Kier alpha value is -1.22. The van der Waals surface area contributed by atoms with Gasteiger partial charge in [0.1, 0.15) is 11.1 Å². The fourth-order valence-electron chi connectivity index (χ4n) is 1.43. The standard InChI is InChI=1S/C12H16ClNO2/c1-8(13)12(15)14-9(2)10-6-4-5-7-11(10)16-3/h4-9H,1-3H3,(H,14,15)/t8?,9-/m1/s1. The zero-order chi connectivity index (χ0) is 12.1. The molecule has 4 heteroatoms. The summed E-state index contributed by atoms with van der Waals surface area (Å²) in [5.74, 6) is 0.581. The maximum Gasteiger partial charge on any atom is 0.238 e. The zero-order valence-electron chi connectivity index (χ0n) is 9.66. The van der Waals surface area contributed by atoms with Crippen molar-refractivity contribution < 1.29 is 9.53 Å². The number of hydrogen-bond acceptors (Lipinski definition) is 2. The van der Waals surface area contributed by atoms with Gasteiger partial charge in [-0.1, -0.05) is 18.2 Å². The number of amides is 1. The molecular weight excluding hydrogens is 226 g/mol. The molecule has 3 nitrogen and oxygen atoms in total. The van der Waals surface area contributed by atoms with Crippen LogP contribution in [0.15, 0.2) is 24.3 Å². The topological polar surface area (TPSA) is 38.3 Å². The highest BCUT2D eigenvalue weighted by Gasteiger charge is 2.16. The molecule has 0 bridgehead atoms. The SMILES string of the molecule is COc1ccccc1[C@@H](C)NC(=O)C(C)Cl. The van der Waals surface area contributed by atoms with E-state index in [1.807, 2.05) is 31.2 Å². The Balaban J connectivity index is 2.80. The van der Waals surface area contributed by atoms with Crippen molar-refractivity contribution in [2.75, 3.05) is 7.11 Å². The third-order valence-corrected chi connectivity index (χ3v) is 2.52. The number of carbonyl (C=O) groups excluding carboxylic acids is 1. The van der Waals surface area contributed by atoms with Crippen LogP contribution in [0.5, 0.6) is 5.75 Å². The summed E-state index contributed by atoms with van der Waals surface area (Å²) < 4.78 is 5.22. The van der Waals surface area contributed by atoms with E-state index < -0.39 is 5.38 Å². The summed E-state index contributed by atoms with van der Waals surface area (Å²) in [7, 11) is 1.61. The van der Waals surface area contributed by atoms with Crippen molar-refractivity contribution >= 4 is 17.5 Å². The number of halogens is 1. The maximum absolute atomic E-state index is 11.4. The molecule has 0 saturated heterocycles. The zero-order valence-corrected chi connectivity index (χ0v) is 10.4. The molecule has 1 unspecified atom stereocenters. The number of alkyl halides is 1. The first-order chi connectivity index (χ1) is 7.56. The maximum atomic E-state index is 11.4. The van der Waals surface area contributed by atoms with E-state index in [0.717, 1.165) is 11.3 Å². The van der Waals surface area contributed by atoms with Crippen LogP contribution in [0.4, 0.5) is 0 Å². The first kappa shape index (κ1) is 12.8. The molecule has 0 radical (unpaired) electrons. The highest BCUT2D eigenvalue weighted by molar-refractivity contribution is 6.30. The van der Waals surface area contributed by atoms with Crippen molar-refractivity contribution in [3.63, 3.8) is 0 Å². The molecule has 0 aliphatic heterocycles. The summed E-state index contributed by atoms with van der Waals surface area (Å²) >= 11 is 5.69. The van der Waals surface area contributed by atoms with Gasteiger partial charge >= 0.3 is 0 Å². The largest absolute Gasteiger partial charge is 0.496 e. The molecule has 16 heavy (non-hydrogen) atoms. The van der Waals surface area contributed by atoms with E-state index in [0.29, 0.717) is 0 Å². The van der Waals surface area contributed by atoms with Crippen LogP contribution in [-0.2, 0) is 4.79 Å². The van der Waals surface area contributed by atoms with E-state index in [-0.39, 0.29) is 11.9 Å². The van der Waals surface area contributed by atoms with Gasteiger partial charge in [-0.2, -0.15) is 0 Å². The van der Waals surface area contributed by atoms with Crippen LogP contribution in [-0.4, -0.2) is 18.4 Å². The number of nitrogens with one attached hydrogen (secondary N) is 1. The molecule has 0 aliphatic rings. The van der Waals surface area contributed by atoms with Gasteiger partial charge in [-0.15, -0.1) is 11.6 Å². The lowest BCUT2D eigenvalue weighted by Crippen LogP contribution is -2.32. The van der Waals surface area contributed by atoms with E-state index in [9.17, 15) is 4.79 Å². The van der Waals surface area contributed by atoms with Gasteiger partial charge in [-0.05, 0) is 19.9 Å². The summed E-state index contributed by atoms with van der Waals surface area (Å²) in [6.45, 7) is 3.54. The number of methoxy groups -OCH3 is 1. The molecule has 0 saturated carbocycles. The summed E-state index contributed by atoms with van der Waals surface area (Å²) in [5.41, 5.74) is 0.940. The first-order valence-electron chi connectivity index (χ1n) is 5.13. The van der Waals surface area contributed by atoms with E-state index in [1.54, 1.807) is 14.0 Å². The molecule has 0 fully saturated rings. The molecule has 1 aromatic carbocycles. The second-order valence-electron chi connectivity index (χ2n) is 3.59. The molecule has 0 spiro atoms. The van der Waals surface area contributed by atoms with Crippen LogP contribution >= 0.6 is 11.6 Å². The molecule has 1 aromatic rings. The molecule has 1 N–H and O–H groups in total. The Morgan fingerprint density at radius 1 is 1.38 bits per heavy atom. The van der Waals surface area contributed by atoms with Crippen molar-refractivity contribution in [3.8, 4) is 5.75 Å². The van der Waals surface area contributed by atoms with Crippen LogP contribution < -0.4 is 10.1 Å². The van der Waals surface area contributed by atoms with Crippen LogP contribution in [0.1, 0.15) is 25.5 Å². The van der Waals surface area contributed by atoms with Crippen molar-refractivity contribution in [2.45, 2.75) is 25.3 Å². The predicted octanol–water partition coefficient (Wildman–Crippen LogP) is 2.50. The number of ether oxygens (including phenoxy) is 1. The van der Waals surface area contributed by atoms with Crippen molar-refractivity contribution in [2.24, 2.45) is 0 Å². The number of carbonyl (C=O) groups is 1. The molecule has 88 valence electrons. The van der Waals surface area contributed by atoms with Crippen molar-refractivity contribution in [1.82, 2.24) is 5.32 Å². The smallest absolute Gasteiger partial charge is 0.238 e. The Morgan fingerprint density at radius 2 is 2.00 bits per heavy atom. The van der Waals surface area contributed by atoms with Crippen LogP contribution in [0.2, 0.25) is 0 Å². The van der Waals surface area contributed by atoms with Gasteiger partial charge in [0.25, 0.3) is 0 Å². The summed E-state index contributed by atoms with van der Waals surface area (Å²) in [6, 6.07) is 7.46. The lowest BCUT2D eigenvalue weighted by Gasteiger charge is -2.17. The van der Waals surface area contributed by atoms with E-state index in [4.69, 9.17) is 16.3 Å². The second kappa shape index (κ2) is 5.75. The molecule has 0 aromatic heterocycles. The fraction of sp³-hybridized carbons (Fsp3) is 0.417. The van der Waals surface area contributed by atoms with Gasteiger partial charge in [0.15, 0.2) is 0 Å². The number of para-hydroxylation sites is 1. The van der Waals surface area contributed by atoms with Crippen molar-refractivity contribution in [1.29, 1.82) is 0 Å². The second-order valence-corrected chi connectivity index (χ2v) is 4.24. The third-order valence-electron chi connectivity index (χ3n) is 2.33. The van der Waals surface area contributed by atoms with Crippen LogP contribution in [0.3, 0.4) is 0 Å². The van der Waals surface area contributed by atoms with Gasteiger partial charge < -0.3 is 10.1 Å². The van der Waals surface area contributed by atoms with Crippen molar-refractivity contribution in [3.05, 3.63) is 29.8 Å². The summed E-state index contributed by atoms with van der Waals surface area (Å²) in [4.78, 5) is 11.4. The molecular formula is C12H16ClNO2. The van der Waals surface area contributed by atoms with Gasteiger partial charge in [0.2, 0.25) is 5.91 Å². The fourth-order valence-corrected chi connectivity index (χ4v) is 1.49. The highest BCUT2D eigenvalue weighted by Crippen LogP contribution is 2.24. The minimum Gasteiger partial charge on any atom is -0.496 e. The quantitative estimate of drug-likeness (QED) is 0.823. The number of hydrogen-bond donors (Lipinski definition) is 1. The normalized spacial score (nSPS) is 14.0. The van der Waals surface area contributed by atoms with Gasteiger partial charge in [-0.3, -0.25) is 4.79 Å². The average Bonchev–Trinajstić information content (AvgIpc) is 2.28. The lowest BCUT2D eigenvalue weighted by atomic mass is 10.1. The van der Waals surface area contributed by atoms with Gasteiger partial charge in [-0.25, -0.2) is 0 Å². The monoisotopic (exact) mass is 241 g/mol. The minimum absolute atomic E-state index is 0.121. The predicted molar refractivity (Wildman–Crippen MR) is 64.9 cm³/mol.